The van der Waals surface area contributed by atoms with Crippen LogP contribution in [-0.2, 0) is 0 Å². The lowest BCUT2D eigenvalue weighted by molar-refractivity contribution is 0.0996. The Morgan fingerprint density at radius 3 is 2.76 bits per heavy atom. The summed E-state index contributed by atoms with van der Waals surface area (Å²) in [6, 6.07) is 9.38. The molecule has 0 aliphatic rings. The second-order valence-electron chi connectivity index (χ2n) is 4.39. The predicted molar refractivity (Wildman–Crippen MR) is 76.5 cm³/mol. The Morgan fingerprint density at radius 1 is 1.33 bits per heavy atom. The number of hydrogen-bond donors (Lipinski definition) is 2. The van der Waals surface area contributed by atoms with Crippen molar-refractivity contribution in [2.75, 3.05) is 5.73 Å². The number of aromatic nitrogens is 3. The van der Waals surface area contributed by atoms with Gasteiger partial charge in [-0.1, -0.05) is 18.2 Å². The molecular formula is C14H10N6O. The Hall–Kier alpha value is -3.40. The lowest BCUT2D eigenvalue weighted by Crippen LogP contribution is -2.14. The van der Waals surface area contributed by atoms with Crippen molar-refractivity contribution in [3.05, 3.63) is 47.9 Å². The number of benzene rings is 1. The maximum absolute atomic E-state index is 11.3. The summed E-state index contributed by atoms with van der Waals surface area (Å²) < 4.78 is 1.39. The monoisotopic (exact) mass is 278 g/mol. The molecule has 0 saturated carbocycles. The minimum Gasteiger partial charge on any atom is -0.396 e. The summed E-state index contributed by atoms with van der Waals surface area (Å²) in [5.41, 5.74) is 12.6. The smallest absolute Gasteiger partial charge is 0.271 e. The normalized spacial score (nSPS) is 10.4. The van der Waals surface area contributed by atoms with Gasteiger partial charge < -0.3 is 11.5 Å². The summed E-state index contributed by atoms with van der Waals surface area (Å²) in [5.74, 6) is -0.719. The largest absolute Gasteiger partial charge is 0.396 e. The zero-order valence-corrected chi connectivity index (χ0v) is 10.8. The lowest BCUT2D eigenvalue weighted by Gasteiger charge is -2.07. The third-order valence-electron chi connectivity index (χ3n) is 3.07. The average Bonchev–Trinajstić information content (AvgIpc) is 2.87. The van der Waals surface area contributed by atoms with Crippen molar-refractivity contribution in [2.45, 2.75) is 0 Å². The van der Waals surface area contributed by atoms with Gasteiger partial charge in [0.2, 0.25) is 0 Å². The van der Waals surface area contributed by atoms with Crippen molar-refractivity contribution in [3.63, 3.8) is 0 Å². The second kappa shape index (κ2) is 4.61. The zero-order chi connectivity index (χ0) is 15.0. The molecule has 0 unspecified atom stereocenters. The van der Waals surface area contributed by atoms with Gasteiger partial charge in [0.25, 0.3) is 5.91 Å². The van der Waals surface area contributed by atoms with Crippen LogP contribution in [0.15, 0.2) is 36.7 Å². The molecule has 102 valence electrons. The minimum absolute atomic E-state index is 0.0280. The standard InChI is InChI=1S/C14H10N6O/c15-5-8-6-18-11-4-2-1-3-9(11)13(8)20-7-10(16)12(19-20)14(17)21/h1-4,6-7H,16H2,(H2,17,21). The average molecular weight is 278 g/mol. The highest BCUT2D eigenvalue weighted by Gasteiger charge is 2.16. The molecule has 7 heteroatoms. The van der Waals surface area contributed by atoms with Crippen molar-refractivity contribution in [1.29, 1.82) is 5.26 Å². The number of fused-ring (bicyclic) bond motifs is 1. The Balaban J connectivity index is 2.36. The first-order valence-electron chi connectivity index (χ1n) is 6.05. The molecule has 4 N–H and O–H groups in total. The molecule has 0 atom stereocenters. The van der Waals surface area contributed by atoms with Crippen LogP contribution >= 0.6 is 0 Å². The van der Waals surface area contributed by atoms with Gasteiger partial charge in [0.05, 0.1) is 28.7 Å². The first kappa shape index (κ1) is 12.6. The van der Waals surface area contributed by atoms with Gasteiger partial charge in [-0.2, -0.15) is 10.4 Å². The van der Waals surface area contributed by atoms with Gasteiger partial charge in [0.15, 0.2) is 5.69 Å². The Bertz CT molecular complexity index is 905. The Kier molecular flexibility index (Phi) is 2.77. The molecule has 0 spiro atoms. The number of primary amides is 1. The number of nitriles is 1. The second-order valence-corrected chi connectivity index (χ2v) is 4.39. The van der Waals surface area contributed by atoms with E-state index < -0.39 is 5.91 Å². The van der Waals surface area contributed by atoms with Crippen LogP contribution < -0.4 is 11.5 Å². The quantitative estimate of drug-likeness (QED) is 0.722. The summed E-state index contributed by atoms with van der Waals surface area (Å²) in [4.78, 5) is 15.5. The first-order valence-corrected chi connectivity index (χ1v) is 6.05. The molecular weight excluding hydrogens is 268 g/mol. The summed E-state index contributed by atoms with van der Waals surface area (Å²) in [6.45, 7) is 0. The molecule has 1 amide bonds. The molecule has 3 aromatic rings. The predicted octanol–water partition coefficient (Wildman–Crippen LogP) is 0.973. The summed E-state index contributed by atoms with van der Waals surface area (Å²) in [6.07, 6.45) is 2.92. The van der Waals surface area contributed by atoms with Crippen LogP contribution in [0.25, 0.3) is 16.6 Å². The van der Waals surface area contributed by atoms with Crippen LogP contribution in [-0.4, -0.2) is 20.7 Å². The fraction of sp³-hybridized carbons (Fsp3) is 0. The van der Waals surface area contributed by atoms with Crippen molar-refractivity contribution >= 4 is 22.5 Å². The number of hydrogen-bond acceptors (Lipinski definition) is 5. The van der Waals surface area contributed by atoms with E-state index >= 15 is 0 Å². The molecule has 21 heavy (non-hydrogen) atoms. The van der Waals surface area contributed by atoms with Crippen LogP contribution in [0, 0.1) is 11.3 Å². The highest BCUT2D eigenvalue weighted by molar-refractivity contribution is 5.96. The molecule has 2 heterocycles. The SMILES string of the molecule is N#Cc1cnc2ccccc2c1-n1cc(N)c(C(N)=O)n1. The molecule has 0 aliphatic carbocycles. The van der Waals surface area contributed by atoms with E-state index in [2.05, 4.69) is 16.2 Å². The fourth-order valence-electron chi connectivity index (χ4n) is 2.15. The molecule has 3 rings (SSSR count). The van der Waals surface area contributed by atoms with E-state index in [0.717, 1.165) is 5.39 Å². The number of nitrogens with two attached hydrogens (primary N) is 2. The molecule has 0 aliphatic heterocycles. The van der Waals surface area contributed by atoms with Crippen LogP contribution in [0.5, 0.6) is 0 Å². The van der Waals surface area contributed by atoms with Crippen LogP contribution in [0.4, 0.5) is 5.69 Å². The van der Waals surface area contributed by atoms with Gasteiger partial charge in [-0.05, 0) is 6.07 Å². The van der Waals surface area contributed by atoms with Crippen molar-refractivity contribution in [1.82, 2.24) is 14.8 Å². The highest BCUT2D eigenvalue weighted by Crippen LogP contribution is 2.25. The van der Waals surface area contributed by atoms with Gasteiger partial charge in [-0.25, -0.2) is 4.68 Å². The van der Waals surface area contributed by atoms with E-state index in [1.807, 2.05) is 24.3 Å². The van der Waals surface area contributed by atoms with E-state index in [1.54, 1.807) is 0 Å². The van der Waals surface area contributed by atoms with E-state index in [0.29, 0.717) is 16.8 Å². The number of amides is 1. The number of para-hydroxylation sites is 1. The van der Waals surface area contributed by atoms with Gasteiger partial charge in [-0.3, -0.25) is 9.78 Å². The minimum atomic E-state index is -0.719. The lowest BCUT2D eigenvalue weighted by atomic mass is 10.1. The van der Waals surface area contributed by atoms with Gasteiger partial charge in [0.1, 0.15) is 6.07 Å². The summed E-state index contributed by atoms with van der Waals surface area (Å²) in [5, 5.41) is 14.1. The van der Waals surface area contributed by atoms with Crippen molar-refractivity contribution in [2.24, 2.45) is 5.73 Å². The molecule has 0 bridgehead atoms. The highest BCUT2D eigenvalue weighted by atomic mass is 16.1. The summed E-state index contributed by atoms with van der Waals surface area (Å²) in [7, 11) is 0. The fourth-order valence-corrected chi connectivity index (χ4v) is 2.15. The maximum Gasteiger partial charge on any atom is 0.271 e. The number of carbonyl (C=O) groups is 1. The number of pyridine rings is 1. The number of carbonyl (C=O) groups excluding carboxylic acids is 1. The van der Waals surface area contributed by atoms with E-state index in [-0.39, 0.29) is 11.4 Å². The molecule has 0 radical (unpaired) electrons. The molecule has 0 fully saturated rings. The third-order valence-corrected chi connectivity index (χ3v) is 3.07. The van der Waals surface area contributed by atoms with Gasteiger partial charge >= 0.3 is 0 Å². The van der Waals surface area contributed by atoms with E-state index in [9.17, 15) is 10.1 Å². The number of rotatable bonds is 2. The topological polar surface area (TPSA) is 124 Å². The number of nitrogen functional groups attached to an aromatic ring is 1. The zero-order valence-electron chi connectivity index (χ0n) is 10.8. The maximum atomic E-state index is 11.3. The third kappa shape index (κ3) is 1.95. The Morgan fingerprint density at radius 2 is 2.10 bits per heavy atom. The van der Waals surface area contributed by atoms with E-state index in [1.165, 1.54) is 17.1 Å². The summed E-state index contributed by atoms with van der Waals surface area (Å²) >= 11 is 0. The number of nitrogens with zero attached hydrogens (tertiary/aromatic N) is 4. The van der Waals surface area contributed by atoms with Crippen LogP contribution in [0.3, 0.4) is 0 Å². The molecule has 7 nitrogen and oxygen atoms in total. The first-order chi connectivity index (χ1) is 10.1. The number of anilines is 1. The molecule has 1 aromatic carbocycles. The van der Waals surface area contributed by atoms with Gasteiger partial charge in [0, 0.05) is 11.6 Å². The van der Waals surface area contributed by atoms with Gasteiger partial charge in [-0.15, -0.1) is 0 Å². The molecule has 2 aromatic heterocycles. The van der Waals surface area contributed by atoms with E-state index in [4.69, 9.17) is 11.5 Å². The van der Waals surface area contributed by atoms with Crippen molar-refractivity contribution in [3.8, 4) is 11.8 Å². The molecule has 0 saturated heterocycles. The Labute approximate surface area is 119 Å². The van der Waals surface area contributed by atoms with Crippen molar-refractivity contribution < 1.29 is 4.79 Å². The van der Waals surface area contributed by atoms with Crippen LogP contribution in [0.2, 0.25) is 0 Å². The van der Waals surface area contributed by atoms with Crippen LogP contribution in [0.1, 0.15) is 16.1 Å².